The summed E-state index contributed by atoms with van der Waals surface area (Å²) >= 11 is 1.97. The molecule has 102 valence electrons. The molecule has 0 aliphatic carbocycles. The van der Waals surface area contributed by atoms with Crippen LogP contribution in [-0.2, 0) is 9.47 Å². The normalized spacial score (nSPS) is 10.2. The van der Waals surface area contributed by atoms with E-state index in [0.717, 1.165) is 12.8 Å². The van der Waals surface area contributed by atoms with E-state index in [1.807, 2.05) is 22.6 Å². The zero-order valence-electron chi connectivity index (χ0n) is 10.9. The Hall–Kier alpha value is 0. The van der Waals surface area contributed by atoms with Gasteiger partial charge < -0.3 is 9.47 Å². The molecule has 0 aromatic rings. The molecule has 0 amide bonds. The van der Waals surface area contributed by atoms with Gasteiger partial charge in [0.2, 0.25) is 0 Å². The maximum absolute atomic E-state index is 10.8. The Bertz CT molecular complexity index is 174. The molecular weight excluding hydrogens is 331 g/mol. The fourth-order valence-electron chi connectivity index (χ4n) is 1.65. The molecule has 0 atom stereocenters. The SMILES string of the molecule is CCCCCCCCCCCOC(=O)OCI. The molecule has 0 aliphatic rings. The molecule has 0 heterocycles. The lowest BCUT2D eigenvalue weighted by Crippen LogP contribution is -2.06. The fraction of sp³-hybridized carbons (Fsp3) is 0.923. The van der Waals surface area contributed by atoms with Crippen molar-refractivity contribution in [3.8, 4) is 0 Å². The maximum atomic E-state index is 10.8. The van der Waals surface area contributed by atoms with E-state index >= 15 is 0 Å². The van der Waals surface area contributed by atoms with Gasteiger partial charge in [-0.15, -0.1) is 0 Å². The van der Waals surface area contributed by atoms with Gasteiger partial charge in [-0.05, 0) is 29.0 Å². The van der Waals surface area contributed by atoms with Gasteiger partial charge in [0.15, 0.2) is 0 Å². The number of halogens is 1. The van der Waals surface area contributed by atoms with Crippen molar-refractivity contribution in [1.29, 1.82) is 0 Å². The molecule has 4 heteroatoms. The second kappa shape index (κ2) is 14.1. The van der Waals surface area contributed by atoms with Crippen molar-refractivity contribution in [2.45, 2.75) is 64.7 Å². The minimum absolute atomic E-state index is 0.356. The van der Waals surface area contributed by atoms with Gasteiger partial charge in [0.05, 0.1) is 6.61 Å². The molecule has 0 unspecified atom stereocenters. The Morgan fingerprint density at radius 3 is 1.94 bits per heavy atom. The summed E-state index contributed by atoms with van der Waals surface area (Å²) in [5, 5.41) is 0. The van der Waals surface area contributed by atoms with E-state index < -0.39 is 6.16 Å². The summed E-state index contributed by atoms with van der Waals surface area (Å²) in [4.78, 5) is 10.8. The Morgan fingerprint density at radius 2 is 1.41 bits per heavy atom. The van der Waals surface area contributed by atoms with Crippen LogP contribution in [0.25, 0.3) is 0 Å². The molecule has 0 aromatic heterocycles. The summed E-state index contributed by atoms with van der Waals surface area (Å²) < 4.78 is 9.88. The van der Waals surface area contributed by atoms with E-state index in [1.165, 1.54) is 44.9 Å². The summed E-state index contributed by atoms with van der Waals surface area (Å²) in [7, 11) is 0. The number of ether oxygens (including phenoxy) is 2. The third kappa shape index (κ3) is 13.9. The van der Waals surface area contributed by atoms with Crippen LogP contribution >= 0.6 is 22.6 Å². The molecule has 0 bridgehead atoms. The second-order valence-corrected chi connectivity index (χ2v) is 4.80. The molecule has 0 fully saturated rings. The van der Waals surface area contributed by atoms with E-state index in [4.69, 9.17) is 4.74 Å². The third-order valence-electron chi connectivity index (χ3n) is 2.64. The van der Waals surface area contributed by atoms with Crippen LogP contribution in [0.15, 0.2) is 0 Å². The average molecular weight is 356 g/mol. The smallest absolute Gasteiger partial charge is 0.434 e. The molecule has 0 N–H and O–H groups in total. The lowest BCUT2D eigenvalue weighted by atomic mass is 10.1. The first-order valence-corrected chi connectivity index (χ1v) is 8.19. The average Bonchev–Trinajstić information content (AvgIpc) is 2.32. The van der Waals surface area contributed by atoms with E-state index in [1.54, 1.807) is 0 Å². The first kappa shape index (κ1) is 17.0. The van der Waals surface area contributed by atoms with Gasteiger partial charge in [0.1, 0.15) is 4.61 Å². The quantitative estimate of drug-likeness (QED) is 0.225. The maximum Gasteiger partial charge on any atom is 0.509 e. The Morgan fingerprint density at radius 1 is 0.882 bits per heavy atom. The van der Waals surface area contributed by atoms with E-state index in [-0.39, 0.29) is 0 Å². The number of alkyl halides is 1. The molecular formula is C13H25IO3. The lowest BCUT2D eigenvalue weighted by Gasteiger charge is -2.04. The van der Waals surface area contributed by atoms with Crippen LogP contribution in [0.3, 0.4) is 0 Å². The topological polar surface area (TPSA) is 35.5 Å². The van der Waals surface area contributed by atoms with Crippen molar-refractivity contribution in [2.75, 3.05) is 11.2 Å². The standard InChI is InChI=1S/C13H25IO3/c1-2-3-4-5-6-7-8-9-10-11-16-13(15)17-12-14/h2-12H2,1H3. The van der Waals surface area contributed by atoms with Gasteiger partial charge in [-0.25, -0.2) is 4.79 Å². The fourth-order valence-corrected chi connectivity index (χ4v) is 1.91. The first-order chi connectivity index (χ1) is 8.31. The Balaban J connectivity index is 3.01. The molecule has 17 heavy (non-hydrogen) atoms. The predicted molar refractivity (Wildman–Crippen MR) is 78.5 cm³/mol. The van der Waals surface area contributed by atoms with Gasteiger partial charge in [-0.2, -0.15) is 0 Å². The zero-order chi connectivity index (χ0) is 12.8. The summed E-state index contributed by atoms with van der Waals surface area (Å²) in [5.74, 6) is 0. The van der Waals surface area contributed by atoms with E-state index in [2.05, 4.69) is 11.7 Å². The van der Waals surface area contributed by atoms with Crippen LogP contribution < -0.4 is 0 Å². The number of hydrogen-bond donors (Lipinski definition) is 0. The van der Waals surface area contributed by atoms with Crippen LogP contribution in [-0.4, -0.2) is 17.4 Å². The molecule has 0 saturated heterocycles. The minimum atomic E-state index is -0.543. The Kier molecular flexibility index (Phi) is 14.1. The number of carbonyl (C=O) groups is 1. The molecule has 0 spiro atoms. The Labute approximate surface area is 119 Å². The summed E-state index contributed by atoms with van der Waals surface area (Å²) in [6, 6.07) is 0. The number of rotatable bonds is 11. The number of carbonyl (C=O) groups excluding carboxylic acids is 1. The van der Waals surface area contributed by atoms with Crippen molar-refractivity contribution in [3.63, 3.8) is 0 Å². The summed E-state index contributed by atoms with van der Waals surface area (Å²) in [5.41, 5.74) is 0. The van der Waals surface area contributed by atoms with Crippen LogP contribution in [0.1, 0.15) is 64.7 Å². The van der Waals surface area contributed by atoms with Crippen molar-refractivity contribution < 1.29 is 14.3 Å². The van der Waals surface area contributed by atoms with Crippen molar-refractivity contribution in [3.05, 3.63) is 0 Å². The lowest BCUT2D eigenvalue weighted by molar-refractivity contribution is 0.0694. The van der Waals surface area contributed by atoms with Gasteiger partial charge >= 0.3 is 6.16 Å². The number of unbranched alkanes of at least 4 members (excludes halogenated alkanes) is 8. The minimum Gasteiger partial charge on any atom is -0.434 e. The van der Waals surface area contributed by atoms with Crippen molar-refractivity contribution >= 4 is 28.7 Å². The van der Waals surface area contributed by atoms with Gasteiger partial charge in [-0.1, -0.05) is 58.3 Å². The summed E-state index contributed by atoms with van der Waals surface area (Å²) in [6.45, 7) is 2.73. The highest BCUT2D eigenvalue weighted by Gasteiger charge is 2.00. The second-order valence-electron chi connectivity index (χ2n) is 4.18. The van der Waals surface area contributed by atoms with Crippen LogP contribution in [0.5, 0.6) is 0 Å². The zero-order valence-corrected chi connectivity index (χ0v) is 13.0. The molecule has 3 nitrogen and oxygen atoms in total. The monoisotopic (exact) mass is 356 g/mol. The highest BCUT2D eigenvalue weighted by Crippen LogP contribution is 2.09. The first-order valence-electron chi connectivity index (χ1n) is 6.66. The van der Waals surface area contributed by atoms with Gasteiger partial charge in [-0.3, -0.25) is 0 Å². The number of hydrogen-bond acceptors (Lipinski definition) is 3. The summed E-state index contributed by atoms with van der Waals surface area (Å²) in [6.07, 6.45) is 10.9. The van der Waals surface area contributed by atoms with Gasteiger partial charge in [0, 0.05) is 0 Å². The molecule has 0 radical (unpaired) electrons. The van der Waals surface area contributed by atoms with Crippen LogP contribution in [0.2, 0.25) is 0 Å². The largest absolute Gasteiger partial charge is 0.509 e. The third-order valence-corrected chi connectivity index (χ3v) is 2.95. The molecule has 0 saturated carbocycles. The van der Waals surface area contributed by atoms with Crippen LogP contribution in [0, 0.1) is 0 Å². The van der Waals surface area contributed by atoms with E-state index in [9.17, 15) is 4.79 Å². The highest BCUT2D eigenvalue weighted by molar-refractivity contribution is 14.1. The predicted octanol–water partition coefficient (Wildman–Crippen LogP) is 5.06. The molecule has 0 aromatic carbocycles. The molecule has 0 rings (SSSR count). The van der Waals surface area contributed by atoms with Crippen LogP contribution in [0.4, 0.5) is 4.79 Å². The van der Waals surface area contributed by atoms with Gasteiger partial charge in [0.25, 0.3) is 0 Å². The van der Waals surface area contributed by atoms with Crippen molar-refractivity contribution in [2.24, 2.45) is 0 Å². The van der Waals surface area contributed by atoms with Crippen molar-refractivity contribution in [1.82, 2.24) is 0 Å². The van der Waals surface area contributed by atoms with E-state index in [0.29, 0.717) is 11.2 Å². The highest BCUT2D eigenvalue weighted by atomic mass is 127. The molecule has 0 aliphatic heterocycles.